The van der Waals surface area contributed by atoms with E-state index in [0.29, 0.717) is 24.9 Å². The molecule has 3 aromatic rings. The summed E-state index contributed by atoms with van der Waals surface area (Å²) in [6.07, 6.45) is 9.16. The van der Waals surface area contributed by atoms with Crippen molar-refractivity contribution >= 4 is 34.6 Å². The van der Waals surface area contributed by atoms with Crippen molar-refractivity contribution in [3.8, 4) is 0 Å². The molecule has 3 aromatic heterocycles. The monoisotopic (exact) mass is 553 g/mol. The van der Waals surface area contributed by atoms with Crippen LogP contribution in [0.4, 0.5) is 0 Å². The maximum Gasteiger partial charge on any atom is 0.295 e. The molecule has 11 heteroatoms. The summed E-state index contributed by atoms with van der Waals surface area (Å²) >= 11 is 0. The zero-order chi connectivity index (χ0) is 29.1. The van der Waals surface area contributed by atoms with Gasteiger partial charge in [0, 0.05) is 32.5 Å². The number of pyridine rings is 1. The number of aromatic nitrogens is 4. The molecule has 2 aliphatic rings. The second-order valence-electron chi connectivity index (χ2n) is 9.64. The first-order valence-corrected chi connectivity index (χ1v) is 13.2. The molecule has 0 spiro atoms. The number of ketones is 1. The van der Waals surface area contributed by atoms with Crippen LogP contribution in [0.25, 0.3) is 17.0 Å². The van der Waals surface area contributed by atoms with Crippen molar-refractivity contribution in [2.24, 2.45) is 5.73 Å². The number of hydrogen-bond donors (Lipinski definition) is 4. The van der Waals surface area contributed by atoms with Crippen molar-refractivity contribution in [3.05, 3.63) is 99.7 Å². The van der Waals surface area contributed by atoms with E-state index in [0.717, 1.165) is 29.7 Å². The molecule has 41 heavy (non-hydrogen) atoms. The summed E-state index contributed by atoms with van der Waals surface area (Å²) < 4.78 is 5.49. The number of allylic oxidation sites excluding steroid dienone is 2. The predicted molar refractivity (Wildman–Crippen MR) is 153 cm³/mol. The Morgan fingerprint density at radius 1 is 1.24 bits per heavy atom. The molecule has 2 amide bonds. The van der Waals surface area contributed by atoms with Gasteiger partial charge in [0.1, 0.15) is 17.1 Å². The Morgan fingerprint density at radius 2 is 2.07 bits per heavy atom. The van der Waals surface area contributed by atoms with Crippen LogP contribution in [0.3, 0.4) is 0 Å². The minimum Gasteiger partial charge on any atom is -0.496 e. The highest BCUT2D eigenvalue weighted by molar-refractivity contribution is 6.42. The summed E-state index contributed by atoms with van der Waals surface area (Å²) in [5.74, 6) is -1.42. The summed E-state index contributed by atoms with van der Waals surface area (Å²) in [7, 11) is 2.94. The average Bonchev–Trinajstić information content (AvgIpc) is 3.69. The number of methoxy groups -OCH3 is 1. The highest BCUT2D eigenvalue weighted by atomic mass is 16.5. The lowest BCUT2D eigenvalue weighted by molar-refractivity contribution is -0.126. The summed E-state index contributed by atoms with van der Waals surface area (Å²) in [6, 6.07) is 7.33. The number of amides is 2. The third-order valence-corrected chi connectivity index (χ3v) is 7.35. The molecular weight excluding hydrogens is 522 g/mol. The van der Waals surface area contributed by atoms with Gasteiger partial charge in [-0.05, 0) is 60.3 Å². The number of carbonyl (C=O) groups is 3. The van der Waals surface area contributed by atoms with Crippen LogP contribution in [0.1, 0.15) is 51.5 Å². The van der Waals surface area contributed by atoms with Crippen molar-refractivity contribution in [1.82, 2.24) is 30.4 Å². The number of carbonyl (C=O) groups excluding carboxylic acids is 3. The first-order valence-electron chi connectivity index (χ1n) is 13.2. The van der Waals surface area contributed by atoms with Crippen molar-refractivity contribution in [3.63, 3.8) is 0 Å². The van der Waals surface area contributed by atoms with Crippen LogP contribution in [0, 0.1) is 0 Å². The van der Waals surface area contributed by atoms with Gasteiger partial charge in [0.15, 0.2) is 0 Å². The van der Waals surface area contributed by atoms with E-state index in [1.165, 1.54) is 38.1 Å². The first kappa shape index (κ1) is 27.4. The Bertz CT molecular complexity index is 1730. The Hall–Kier alpha value is -5.19. The van der Waals surface area contributed by atoms with Crippen LogP contribution in [0.2, 0.25) is 0 Å². The van der Waals surface area contributed by atoms with E-state index in [-0.39, 0.29) is 39.5 Å². The Kier molecular flexibility index (Phi) is 7.68. The van der Waals surface area contributed by atoms with Gasteiger partial charge in [0.2, 0.25) is 0 Å². The Balaban J connectivity index is 1.49. The number of hydrogen-bond acceptors (Lipinski definition) is 7. The number of nitrogens with one attached hydrogen (secondary N) is 3. The molecule has 0 unspecified atom stereocenters. The summed E-state index contributed by atoms with van der Waals surface area (Å²) in [5.41, 5.74) is 11.6. The number of rotatable bonds is 7. The molecule has 0 saturated carbocycles. The average molecular weight is 554 g/mol. The van der Waals surface area contributed by atoms with Gasteiger partial charge in [-0.25, -0.2) is 0 Å². The summed E-state index contributed by atoms with van der Waals surface area (Å²) in [4.78, 5) is 48.3. The van der Waals surface area contributed by atoms with E-state index in [2.05, 4.69) is 38.1 Å². The van der Waals surface area contributed by atoms with Crippen molar-refractivity contribution in [2.45, 2.75) is 19.3 Å². The van der Waals surface area contributed by atoms with Gasteiger partial charge in [-0.1, -0.05) is 18.7 Å². The molecule has 0 bridgehead atoms. The standard InChI is InChI=1S/C30H31N7O4/c1-4-24(41-3)25-20(15-34-27(25)26(31)22-14-23(36-35-22)29(39)32-2)28(38)30(40)37-13-11-18-17(16-37)8-7-9-19(18)21-10-5-6-12-33-21/h4-6,9-10,12,14-15,34H,1,7-8,11,13,16,31H2,2-3H3,(H,32,39)(H,35,36)/b25-24+,27-26+. The zero-order valence-electron chi connectivity index (χ0n) is 22.9. The Morgan fingerprint density at radius 3 is 2.78 bits per heavy atom. The van der Waals surface area contributed by atoms with Gasteiger partial charge in [-0.2, -0.15) is 5.10 Å². The van der Waals surface area contributed by atoms with Gasteiger partial charge in [-0.15, -0.1) is 0 Å². The molecule has 1 aliphatic heterocycles. The largest absolute Gasteiger partial charge is 0.496 e. The molecule has 11 nitrogen and oxygen atoms in total. The molecule has 0 atom stereocenters. The van der Waals surface area contributed by atoms with Crippen molar-refractivity contribution in [2.75, 3.05) is 27.2 Å². The molecule has 0 fully saturated rings. The number of aromatic amines is 2. The van der Waals surface area contributed by atoms with Crippen LogP contribution in [0.15, 0.2) is 66.5 Å². The molecule has 0 aromatic carbocycles. The number of nitrogens with zero attached hydrogens (tertiary/aromatic N) is 3. The number of H-pyrrole nitrogens is 2. The fourth-order valence-corrected chi connectivity index (χ4v) is 5.31. The topological polar surface area (TPSA) is 159 Å². The fraction of sp³-hybridized carbons (Fsp3) is 0.233. The third kappa shape index (κ3) is 5.09. The number of nitrogens with two attached hydrogens (primary N) is 1. The van der Waals surface area contributed by atoms with Gasteiger partial charge in [0.25, 0.3) is 17.6 Å². The second kappa shape index (κ2) is 11.5. The van der Waals surface area contributed by atoms with Crippen LogP contribution in [0.5, 0.6) is 0 Å². The molecule has 5 rings (SSSR count). The molecule has 5 N–H and O–H groups in total. The van der Waals surface area contributed by atoms with Gasteiger partial charge < -0.3 is 25.7 Å². The summed E-state index contributed by atoms with van der Waals surface area (Å²) in [6.45, 7) is 4.57. The van der Waals surface area contributed by atoms with Gasteiger partial charge in [0.05, 0.1) is 34.6 Å². The normalized spacial score (nSPS) is 16.3. The molecule has 210 valence electrons. The van der Waals surface area contributed by atoms with Crippen LogP contribution in [-0.2, 0) is 9.53 Å². The van der Waals surface area contributed by atoms with Crippen LogP contribution < -0.4 is 21.6 Å². The van der Waals surface area contributed by atoms with E-state index in [9.17, 15) is 14.4 Å². The smallest absolute Gasteiger partial charge is 0.295 e. The molecule has 4 heterocycles. The lowest BCUT2D eigenvalue weighted by atomic mass is 9.84. The maximum atomic E-state index is 13.7. The van der Waals surface area contributed by atoms with E-state index >= 15 is 0 Å². The lowest BCUT2D eigenvalue weighted by Crippen LogP contribution is -2.43. The van der Waals surface area contributed by atoms with Crippen molar-refractivity contribution in [1.29, 1.82) is 0 Å². The maximum absolute atomic E-state index is 13.7. The highest BCUT2D eigenvalue weighted by Crippen LogP contribution is 2.36. The number of ether oxygens (including phenoxy) is 1. The second-order valence-corrected chi connectivity index (χ2v) is 9.64. The lowest BCUT2D eigenvalue weighted by Gasteiger charge is -2.33. The van der Waals surface area contributed by atoms with Gasteiger partial charge in [-0.3, -0.25) is 24.5 Å². The SMILES string of the molecule is C=C/C(OC)=c1/c(C(=O)C(=O)N2CCC3=C(CCC=C3c3ccccn3)C2)c[nH]/c1=C(/N)c1cc(C(=O)NC)[nH]n1. The zero-order valence-corrected chi connectivity index (χ0v) is 22.9. The van der Waals surface area contributed by atoms with Crippen molar-refractivity contribution < 1.29 is 19.1 Å². The minimum absolute atomic E-state index is 0.101. The molecule has 0 radical (unpaired) electrons. The van der Waals surface area contributed by atoms with E-state index in [4.69, 9.17) is 10.5 Å². The third-order valence-electron chi connectivity index (χ3n) is 7.35. The molecule has 1 aliphatic carbocycles. The van der Waals surface area contributed by atoms with Crippen LogP contribution in [-0.4, -0.2) is 69.9 Å². The quantitative estimate of drug-likeness (QED) is 0.252. The highest BCUT2D eigenvalue weighted by Gasteiger charge is 2.31. The van der Waals surface area contributed by atoms with E-state index in [1.54, 1.807) is 11.1 Å². The number of Topliss-reactive ketones (excluding diaryl/α,β-unsaturated/α-hetero) is 1. The fourth-order valence-electron chi connectivity index (χ4n) is 5.31. The minimum atomic E-state index is -0.694. The van der Waals surface area contributed by atoms with Gasteiger partial charge >= 0.3 is 0 Å². The first-order chi connectivity index (χ1) is 19.9. The molecule has 0 saturated heterocycles. The summed E-state index contributed by atoms with van der Waals surface area (Å²) in [5, 5.41) is 9.87. The Labute approximate surface area is 236 Å². The van der Waals surface area contributed by atoms with E-state index in [1.807, 2.05) is 18.2 Å². The molecular formula is C30H31N7O4. The van der Waals surface area contributed by atoms with E-state index < -0.39 is 11.7 Å². The van der Waals surface area contributed by atoms with Crippen LogP contribution >= 0.6 is 0 Å². The predicted octanol–water partition coefficient (Wildman–Crippen LogP) is 1.14.